The number of nitrogens with zero attached hydrogens (tertiary/aromatic N) is 1. The smallest absolute Gasteiger partial charge is 0.162 e. The Bertz CT molecular complexity index is 1160. The Hall–Kier alpha value is -2.52. The summed E-state index contributed by atoms with van der Waals surface area (Å²) >= 11 is 15.6. The van der Waals surface area contributed by atoms with Crippen molar-refractivity contribution in [3.05, 3.63) is 91.6 Å². The van der Waals surface area contributed by atoms with Crippen molar-refractivity contribution in [3.8, 4) is 17.6 Å². The second kappa shape index (κ2) is 9.99. The van der Waals surface area contributed by atoms with E-state index < -0.39 is 5.82 Å². The second-order valence-corrected chi connectivity index (χ2v) is 7.93. The monoisotopic (exact) mass is 505 g/mol. The highest BCUT2D eigenvalue weighted by Gasteiger charge is 2.12. The summed E-state index contributed by atoms with van der Waals surface area (Å²) in [4.78, 5) is 0. The number of methoxy groups -OCH3 is 1. The molecule has 0 heterocycles. The zero-order valence-electron chi connectivity index (χ0n) is 15.8. The third-order valence-corrected chi connectivity index (χ3v) is 5.51. The first-order chi connectivity index (χ1) is 14.4. The highest BCUT2D eigenvalue weighted by molar-refractivity contribution is 9.10. The molecule has 0 fully saturated rings. The van der Waals surface area contributed by atoms with Crippen LogP contribution >= 0.6 is 39.1 Å². The molecule has 0 N–H and O–H groups in total. The van der Waals surface area contributed by atoms with E-state index >= 15 is 0 Å². The van der Waals surface area contributed by atoms with Crippen molar-refractivity contribution in [2.24, 2.45) is 0 Å². The van der Waals surface area contributed by atoms with Crippen LogP contribution in [0.3, 0.4) is 0 Å². The fourth-order valence-corrected chi connectivity index (χ4v) is 3.62. The van der Waals surface area contributed by atoms with Crippen LogP contribution in [0, 0.1) is 17.1 Å². The van der Waals surface area contributed by atoms with Gasteiger partial charge in [-0.15, -0.1) is 0 Å². The van der Waals surface area contributed by atoms with Crippen molar-refractivity contribution in [3.63, 3.8) is 0 Å². The van der Waals surface area contributed by atoms with Crippen LogP contribution in [0.1, 0.15) is 16.7 Å². The summed E-state index contributed by atoms with van der Waals surface area (Å²) in [5, 5.41) is 10.6. The van der Waals surface area contributed by atoms with E-state index in [0.29, 0.717) is 42.7 Å². The number of hydrogen-bond acceptors (Lipinski definition) is 3. The second-order valence-electron chi connectivity index (χ2n) is 6.23. The molecule has 7 heteroatoms. The molecular formula is C23H15BrCl2FNO2. The maximum Gasteiger partial charge on any atom is 0.162 e. The van der Waals surface area contributed by atoms with Gasteiger partial charge in [0.15, 0.2) is 11.5 Å². The third-order valence-electron chi connectivity index (χ3n) is 4.24. The van der Waals surface area contributed by atoms with Crippen molar-refractivity contribution in [1.82, 2.24) is 0 Å². The van der Waals surface area contributed by atoms with Gasteiger partial charge >= 0.3 is 0 Å². The maximum absolute atomic E-state index is 13.5. The maximum atomic E-state index is 13.5. The van der Waals surface area contributed by atoms with Gasteiger partial charge in [0.25, 0.3) is 0 Å². The Balaban J connectivity index is 1.90. The van der Waals surface area contributed by atoms with E-state index in [-0.39, 0.29) is 6.61 Å². The molecule has 3 aromatic rings. The van der Waals surface area contributed by atoms with Crippen LogP contribution in [0.5, 0.6) is 11.5 Å². The molecule has 0 atom stereocenters. The SMILES string of the molecule is COc1cc(/C=C(/C#N)c2cccc(F)c2)c(Br)cc1OCc1ccc(Cl)cc1Cl. The van der Waals surface area contributed by atoms with E-state index in [4.69, 9.17) is 32.7 Å². The molecule has 0 spiro atoms. The molecule has 0 aliphatic heterocycles. The minimum atomic E-state index is -0.407. The van der Waals surface area contributed by atoms with Gasteiger partial charge in [0.2, 0.25) is 0 Å². The van der Waals surface area contributed by atoms with Crippen molar-refractivity contribution < 1.29 is 13.9 Å². The summed E-state index contributed by atoms with van der Waals surface area (Å²) in [5.41, 5.74) is 2.27. The van der Waals surface area contributed by atoms with Crippen LogP contribution < -0.4 is 9.47 Å². The van der Waals surface area contributed by atoms with Gasteiger partial charge in [-0.25, -0.2) is 4.39 Å². The Morgan fingerprint density at radius 3 is 2.60 bits per heavy atom. The molecule has 0 aromatic heterocycles. The van der Waals surface area contributed by atoms with E-state index in [9.17, 15) is 9.65 Å². The van der Waals surface area contributed by atoms with Gasteiger partial charge in [0.05, 0.1) is 18.8 Å². The van der Waals surface area contributed by atoms with Crippen molar-refractivity contribution >= 4 is 50.8 Å². The van der Waals surface area contributed by atoms with Crippen molar-refractivity contribution in [2.75, 3.05) is 7.11 Å². The summed E-state index contributed by atoms with van der Waals surface area (Å²) in [6, 6.07) is 16.7. The molecule has 0 radical (unpaired) electrons. The molecule has 152 valence electrons. The Morgan fingerprint density at radius 1 is 1.13 bits per heavy atom. The fourth-order valence-electron chi connectivity index (χ4n) is 2.72. The molecular weight excluding hydrogens is 492 g/mol. The number of nitriles is 1. The molecule has 0 unspecified atom stereocenters. The van der Waals surface area contributed by atoms with Gasteiger partial charge in [0, 0.05) is 20.1 Å². The summed E-state index contributed by atoms with van der Waals surface area (Å²) in [6.45, 7) is 0.223. The fraction of sp³-hybridized carbons (Fsp3) is 0.0870. The van der Waals surface area contributed by atoms with Crippen molar-refractivity contribution in [1.29, 1.82) is 5.26 Å². The molecule has 30 heavy (non-hydrogen) atoms. The molecule has 0 saturated heterocycles. The zero-order chi connectivity index (χ0) is 21.7. The Labute approximate surface area is 192 Å². The minimum Gasteiger partial charge on any atom is -0.493 e. The first kappa shape index (κ1) is 22.2. The Kier molecular flexibility index (Phi) is 7.38. The number of ether oxygens (including phenoxy) is 2. The normalized spacial score (nSPS) is 11.1. The lowest BCUT2D eigenvalue weighted by molar-refractivity contribution is 0.284. The average Bonchev–Trinajstić information content (AvgIpc) is 2.72. The summed E-state index contributed by atoms with van der Waals surface area (Å²) in [6.07, 6.45) is 1.65. The lowest BCUT2D eigenvalue weighted by atomic mass is 10.0. The first-order valence-corrected chi connectivity index (χ1v) is 10.3. The van der Waals surface area contributed by atoms with Gasteiger partial charge in [-0.2, -0.15) is 5.26 Å². The summed E-state index contributed by atoms with van der Waals surface area (Å²) < 4.78 is 25.5. The Morgan fingerprint density at radius 2 is 1.93 bits per heavy atom. The zero-order valence-corrected chi connectivity index (χ0v) is 18.9. The molecule has 3 aromatic carbocycles. The highest BCUT2D eigenvalue weighted by atomic mass is 79.9. The van der Waals surface area contributed by atoms with E-state index in [1.165, 1.54) is 19.2 Å². The molecule has 0 saturated carbocycles. The largest absolute Gasteiger partial charge is 0.493 e. The molecule has 0 aliphatic carbocycles. The van der Waals surface area contributed by atoms with Gasteiger partial charge in [-0.05, 0) is 53.6 Å². The van der Waals surface area contributed by atoms with Gasteiger partial charge < -0.3 is 9.47 Å². The number of hydrogen-bond donors (Lipinski definition) is 0. The van der Waals surface area contributed by atoms with Crippen molar-refractivity contribution in [2.45, 2.75) is 6.61 Å². The number of benzene rings is 3. The quantitative estimate of drug-likeness (QED) is 0.256. The van der Waals surface area contributed by atoms with Crippen LogP contribution in [-0.2, 0) is 6.61 Å². The molecule has 0 amide bonds. The predicted molar refractivity (Wildman–Crippen MR) is 121 cm³/mol. The average molecular weight is 507 g/mol. The van der Waals surface area contributed by atoms with Gasteiger partial charge in [-0.3, -0.25) is 0 Å². The third kappa shape index (κ3) is 5.34. The van der Waals surface area contributed by atoms with E-state index in [0.717, 1.165) is 5.56 Å². The first-order valence-electron chi connectivity index (χ1n) is 8.73. The van der Waals surface area contributed by atoms with Crippen LogP contribution in [0.25, 0.3) is 11.6 Å². The molecule has 0 aliphatic rings. The standard InChI is InChI=1S/C23H15BrCl2FNO2/c1-29-22-9-16(7-17(12-28)14-3-2-4-19(27)8-14)20(24)11-23(22)30-13-15-5-6-18(25)10-21(15)26/h2-11H,13H2,1H3/b17-7-. The van der Waals surface area contributed by atoms with Crippen LogP contribution in [0.15, 0.2) is 59.1 Å². The highest BCUT2D eigenvalue weighted by Crippen LogP contribution is 2.36. The summed E-state index contributed by atoms with van der Waals surface area (Å²) in [7, 11) is 1.52. The minimum absolute atomic E-state index is 0.223. The molecule has 3 nitrogen and oxygen atoms in total. The van der Waals surface area contributed by atoms with E-state index in [1.54, 1.807) is 48.5 Å². The lowest BCUT2D eigenvalue weighted by Crippen LogP contribution is -1.99. The number of halogens is 4. The van der Waals surface area contributed by atoms with Crippen LogP contribution in [0.2, 0.25) is 10.0 Å². The van der Waals surface area contributed by atoms with E-state index in [1.807, 2.05) is 0 Å². The van der Waals surface area contributed by atoms with Crippen LogP contribution in [-0.4, -0.2) is 7.11 Å². The van der Waals surface area contributed by atoms with Gasteiger partial charge in [-0.1, -0.05) is 57.3 Å². The topological polar surface area (TPSA) is 42.2 Å². The van der Waals surface area contributed by atoms with Crippen LogP contribution in [0.4, 0.5) is 4.39 Å². The molecule has 3 rings (SSSR count). The van der Waals surface area contributed by atoms with Gasteiger partial charge in [0.1, 0.15) is 12.4 Å². The summed E-state index contributed by atoms with van der Waals surface area (Å²) in [5.74, 6) is 0.567. The number of allylic oxidation sites excluding steroid dienone is 1. The number of rotatable bonds is 6. The lowest BCUT2D eigenvalue weighted by Gasteiger charge is -2.14. The van der Waals surface area contributed by atoms with E-state index in [2.05, 4.69) is 22.0 Å². The predicted octanol–water partition coefficient (Wildman–Crippen LogP) is 7.55. The molecule has 0 bridgehead atoms.